The summed E-state index contributed by atoms with van der Waals surface area (Å²) in [7, 11) is -2.16. The van der Waals surface area contributed by atoms with Crippen molar-refractivity contribution in [1.82, 2.24) is 5.32 Å². The van der Waals surface area contributed by atoms with Crippen molar-refractivity contribution in [3.8, 4) is 11.5 Å². The van der Waals surface area contributed by atoms with Crippen LogP contribution in [0.25, 0.3) is 0 Å². The second-order valence-corrected chi connectivity index (χ2v) is 17.6. The largest absolute Gasteiger partial charge is 0.487 e. The van der Waals surface area contributed by atoms with Gasteiger partial charge in [0.15, 0.2) is 8.32 Å². The van der Waals surface area contributed by atoms with Crippen LogP contribution in [0.5, 0.6) is 11.5 Å². The Labute approximate surface area is 252 Å². The van der Waals surface area contributed by atoms with Gasteiger partial charge >= 0.3 is 5.97 Å². The van der Waals surface area contributed by atoms with Gasteiger partial charge in [-0.05, 0) is 79.4 Å². The number of hydrogen-bond donors (Lipinski definition) is 2. The van der Waals surface area contributed by atoms with Gasteiger partial charge in [0, 0.05) is 19.0 Å². The molecule has 8 heteroatoms. The third kappa shape index (κ3) is 9.82. The van der Waals surface area contributed by atoms with E-state index in [1.807, 2.05) is 66.7 Å². The van der Waals surface area contributed by atoms with Crippen molar-refractivity contribution in [3.05, 3.63) is 89.5 Å². The minimum Gasteiger partial charge on any atom is -0.487 e. The van der Waals surface area contributed by atoms with Crippen molar-refractivity contribution >= 4 is 26.4 Å². The third-order valence-corrected chi connectivity index (χ3v) is 12.1. The van der Waals surface area contributed by atoms with Crippen LogP contribution in [0.3, 0.4) is 0 Å². The van der Waals surface area contributed by atoms with E-state index in [0.717, 1.165) is 23.1 Å². The Morgan fingerprint density at radius 3 is 2.26 bits per heavy atom. The molecule has 0 saturated carbocycles. The normalized spacial score (nSPS) is 12.9. The second kappa shape index (κ2) is 14.1. The molecule has 0 saturated heterocycles. The maximum atomic E-state index is 11.5. The zero-order valence-corrected chi connectivity index (χ0v) is 27.2. The molecule has 42 heavy (non-hydrogen) atoms. The molecule has 2 N–H and O–H groups in total. The van der Waals surface area contributed by atoms with E-state index in [9.17, 15) is 9.59 Å². The minimum absolute atomic E-state index is 0.0144. The molecular formula is C34H46N2O5Si. The molecule has 0 heterocycles. The summed E-state index contributed by atoms with van der Waals surface area (Å²) in [4.78, 5) is 22.9. The molecule has 0 bridgehead atoms. The molecule has 7 nitrogen and oxygen atoms in total. The van der Waals surface area contributed by atoms with E-state index >= 15 is 0 Å². The predicted molar refractivity (Wildman–Crippen MR) is 171 cm³/mol. The molecule has 0 unspecified atom stereocenters. The van der Waals surface area contributed by atoms with Gasteiger partial charge in [-0.1, -0.05) is 69.3 Å². The number of ether oxygens (including phenoxy) is 2. The molecule has 0 fully saturated rings. The van der Waals surface area contributed by atoms with Gasteiger partial charge in [-0.15, -0.1) is 0 Å². The maximum Gasteiger partial charge on any atom is 0.308 e. The Morgan fingerprint density at radius 1 is 0.929 bits per heavy atom. The van der Waals surface area contributed by atoms with Crippen LogP contribution >= 0.6 is 0 Å². The fourth-order valence-electron chi connectivity index (χ4n) is 4.37. The highest BCUT2D eigenvalue weighted by molar-refractivity contribution is 6.74. The van der Waals surface area contributed by atoms with Crippen molar-refractivity contribution in [3.63, 3.8) is 0 Å². The lowest BCUT2D eigenvalue weighted by molar-refractivity contribution is -0.131. The van der Waals surface area contributed by atoms with Crippen molar-refractivity contribution in [1.29, 1.82) is 0 Å². The third-order valence-electron chi connectivity index (χ3n) is 7.64. The summed E-state index contributed by atoms with van der Waals surface area (Å²) in [6, 6.07) is 23.4. The van der Waals surface area contributed by atoms with Crippen LogP contribution in [-0.2, 0) is 27.0 Å². The summed E-state index contributed by atoms with van der Waals surface area (Å²) in [6.45, 7) is 17.8. The van der Waals surface area contributed by atoms with Crippen LogP contribution < -0.4 is 20.1 Å². The first-order valence-corrected chi connectivity index (χ1v) is 17.3. The lowest BCUT2D eigenvalue weighted by Gasteiger charge is -2.40. The van der Waals surface area contributed by atoms with Gasteiger partial charge in [0.2, 0.25) is 6.41 Å². The fourth-order valence-corrected chi connectivity index (χ4v) is 5.66. The molecule has 0 aromatic heterocycles. The van der Waals surface area contributed by atoms with Crippen LogP contribution in [0.1, 0.15) is 64.3 Å². The van der Waals surface area contributed by atoms with Crippen molar-refractivity contribution in [2.45, 2.75) is 84.3 Å². The van der Waals surface area contributed by atoms with E-state index in [0.29, 0.717) is 36.7 Å². The smallest absolute Gasteiger partial charge is 0.308 e. The molecule has 3 aromatic rings. The summed E-state index contributed by atoms with van der Waals surface area (Å²) in [5.41, 5.74) is 3.38. The lowest BCUT2D eigenvalue weighted by atomic mass is 9.94. The summed E-state index contributed by atoms with van der Waals surface area (Å²) in [5.74, 6) is 0.802. The number of anilines is 1. The van der Waals surface area contributed by atoms with Crippen LogP contribution in [-0.4, -0.2) is 32.8 Å². The number of nitrogens with one attached hydrogen (secondary N) is 2. The Morgan fingerprint density at radius 2 is 1.62 bits per heavy atom. The van der Waals surface area contributed by atoms with E-state index in [-0.39, 0.29) is 22.7 Å². The summed E-state index contributed by atoms with van der Waals surface area (Å²) >= 11 is 0. The molecule has 226 valence electrons. The van der Waals surface area contributed by atoms with E-state index < -0.39 is 8.32 Å². The number of carbonyl (C=O) groups excluding carboxylic acids is 2. The van der Waals surface area contributed by atoms with Gasteiger partial charge < -0.3 is 24.5 Å². The highest BCUT2D eigenvalue weighted by Gasteiger charge is 2.40. The Hall–Kier alpha value is -3.46. The molecule has 0 aliphatic rings. The van der Waals surface area contributed by atoms with Gasteiger partial charge in [-0.2, -0.15) is 0 Å². The van der Waals surface area contributed by atoms with E-state index in [1.165, 1.54) is 6.92 Å². The zero-order chi connectivity index (χ0) is 31.0. The van der Waals surface area contributed by atoms with Gasteiger partial charge in [-0.25, -0.2) is 0 Å². The van der Waals surface area contributed by atoms with E-state index in [2.05, 4.69) is 58.3 Å². The Bertz CT molecular complexity index is 1340. The predicted octanol–water partition coefficient (Wildman–Crippen LogP) is 7.43. The molecule has 3 aromatic carbocycles. The second-order valence-electron chi connectivity index (χ2n) is 12.8. The summed E-state index contributed by atoms with van der Waals surface area (Å²) in [5, 5.41) is 6.55. The van der Waals surface area contributed by atoms with Crippen LogP contribution in [0.4, 0.5) is 5.69 Å². The summed E-state index contributed by atoms with van der Waals surface area (Å²) in [6.07, 6.45) is 1.13. The van der Waals surface area contributed by atoms with Crippen LogP contribution in [0.2, 0.25) is 18.1 Å². The lowest BCUT2D eigenvalue weighted by Crippen LogP contribution is -2.47. The van der Waals surface area contributed by atoms with Crippen LogP contribution in [0, 0.1) is 0 Å². The van der Waals surface area contributed by atoms with Gasteiger partial charge in [0.1, 0.15) is 18.1 Å². The molecule has 0 spiro atoms. The van der Waals surface area contributed by atoms with Crippen molar-refractivity contribution in [2.75, 3.05) is 11.9 Å². The van der Waals surface area contributed by atoms with Gasteiger partial charge in [0.05, 0.1) is 11.8 Å². The number of carbonyl (C=O) groups is 2. The van der Waals surface area contributed by atoms with E-state index in [4.69, 9.17) is 13.9 Å². The first-order chi connectivity index (χ1) is 19.7. The Balaban J connectivity index is 1.84. The SMILES string of the molecule is CC(=O)Oc1cccc(CC(C)(C)NC[C@@H](O[Si](C)(C)C(C)(C)C)c2ccc(OCc3ccccc3)c(NC=O)c2)c1. The monoisotopic (exact) mass is 590 g/mol. The van der Waals surface area contributed by atoms with Gasteiger partial charge in [0.25, 0.3) is 0 Å². The highest BCUT2D eigenvalue weighted by atomic mass is 28.4. The fraction of sp³-hybridized carbons (Fsp3) is 0.412. The van der Waals surface area contributed by atoms with Crippen molar-refractivity contribution in [2.24, 2.45) is 0 Å². The highest BCUT2D eigenvalue weighted by Crippen LogP contribution is 2.40. The first-order valence-electron chi connectivity index (χ1n) is 14.4. The standard InChI is InChI=1S/C34H46N2O5Si/c1-25(38)40-29-16-12-15-27(19-29)21-34(5,6)36-22-32(41-42(7,8)33(2,3)4)28-17-18-31(30(20-28)35-24-37)39-23-26-13-10-9-11-14-26/h9-20,24,32,36H,21-23H2,1-8H3,(H,35,37)/t32-/m1/s1. The zero-order valence-electron chi connectivity index (χ0n) is 26.2. The van der Waals surface area contributed by atoms with Gasteiger partial charge in [-0.3, -0.25) is 9.59 Å². The maximum absolute atomic E-state index is 11.5. The molecule has 1 amide bonds. The van der Waals surface area contributed by atoms with Crippen LogP contribution in [0.15, 0.2) is 72.8 Å². The van der Waals surface area contributed by atoms with Crippen molar-refractivity contribution < 1.29 is 23.5 Å². The molecule has 0 radical (unpaired) electrons. The van der Waals surface area contributed by atoms with E-state index in [1.54, 1.807) is 6.07 Å². The number of esters is 1. The number of benzene rings is 3. The molecule has 0 aliphatic heterocycles. The quantitative estimate of drug-likeness (QED) is 0.0879. The topological polar surface area (TPSA) is 85.9 Å². The first kappa shape index (κ1) is 33.0. The average Bonchev–Trinajstić information content (AvgIpc) is 2.90. The molecule has 0 aliphatic carbocycles. The summed E-state index contributed by atoms with van der Waals surface area (Å²) < 4.78 is 18.3. The number of hydrogen-bond acceptors (Lipinski definition) is 6. The molecular weight excluding hydrogens is 544 g/mol. The Kier molecular flexibility index (Phi) is 11.1. The average molecular weight is 591 g/mol. The molecule has 3 rings (SSSR count). The molecule has 1 atom stereocenters. The number of rotatable bonds is 14. The number of amides is 1. The minimum atomic E-state index is -2.16.